The van der Waals surface area contributed by atoms with Crippen molar-refractivity contribution in [3.05, 3.63) is 52.1 Å². The summed E-state index contributed by atoms with van der Waals surface area (Å²) < 4.78 is 0. The van der Waals surface area contributed by atoms with Gasteiger partial charge in [-0.05, 0) is 30.5 Å². The Labute approximate surface area is 154 Å². The number of benzene rings is 1. The molecule has 2 aromatic rings. The average molecular weight is 380 g/mol. The fraction of sp³-hybridized carbons (Fsp3) is 0.235. The van der Waals surface area contributed by atoms with Crippen molar-refractivity contribution in [3.63, 3.8) is 0 Å². The van der Waals surface area contributed by atoms with Crippen LogP contribution in [0.4, 0.5) is 11.5 Å². The first kappa shape index (κ1) is 17.7. The smallest absolute Gasteiger partial charge is 0.258 e. The van der Waals surface area contributed by atoms with Gasteiger partial charge in [-0.15, -0.1) is 0 Å². The van der Waals surface area contributed by atoms with Crippen molar-refractivity contribution in [1.82, 2.24) is 4.98 Å². The van der Waals surface area contributed by atoms with Crippen molar-refractivity contribution in [2.75, 3.05) is 17.2 Å². The Bertz CT molecular complexity index is 808. The molecule has 0 aliphatic heterocycles. The minimum absolute atomic E-state index is 0.000205. The van der Waals surface area contributed by atoms with E-state index in [1.165, 1.54) is 12.3 Å². The summed E-state index contributed by atoms with van der Waals surface area (Å²) in [6, 6.07) is 7.93. The van der Waals surface area contributed by atoms with Crippen molar-refractivity contribution < 1.29 is 14.7 Å². The highest BCUT2D eigenvalue weighted by molar-refractivity contribution is 6.40. The number of anilines is 2. The lowest BCUT2D eigenvalue weighted by Gasteiger charge is -2.10. The van der Waals surface area contributed by atoms with E-state index in [1.54, 1.807) is 24.3 Å². The summed E-state index contributed by atoms with van der Waals surface area (Å²) in [6.07, 6.45) is 2.14. The zero-order valence-electron chi connectivity index (χ0n) is 13.0. The lowest BCUT2D eigenvalue weighted by Crippen LogP contribution is -2.17. The molecule has 0 saturated heterocycles. The van der Waals surface area contributed by atoms with Crippen molar-refractivity contribution in [2.24, 2.45) is 11.8 Å². The third-order valence-corrected chi connectivity index (χ3v) is 4.58. The Morgan fingerprint density at radius 2 is 1.92 bits per heavy atom. The first-order valence-corrected chi connectivity index (χ1v) is 8.38. The number of halogens is 2. The van der Waals surface area contributed by atoms with Crippen LogP contribution in [0.15, 0.2) is 36.5 Å². The van der Waals surface area contributed by atoms with Crippen LogP contribution in [0.3, 0.4) is 0 Å². The molecule has 130 valence electrons. The van der Waals surface area contributed by atoms with Gasteiger partial charge in [0.05, 0.1) is 15.6 Å². The molecule has 0 radical (unpaired) electrons. The number of hydrogen-bond donors (Lipinski definition) is 3. The molecule has 25 heavy (non-hydrogen) atoms. The number of carbonyl (C=O) groups is 2. The Hall–Kier alpha value is -2.15. The van der Waals surface area contributed by atoms with Crippen LogP contribution >= 0.6 is 23.2 Å². The van der Waals surface area contributed by atoms with Gasteiger partial charge < -0.3 is 15.7 Å². The predicted octanol–water partition coefficient (Wildman–Crippen LogP) is 3.21. The van der Waals surface area contributed by atoms with Gasteiger partial charge in [-0.3, -0.25) is 9.59 Å². The molecule has 1 aliphatic carbocycles. The van der Waals surface area contributed by atoms with Gasteiger partial charge in [0.2, 0.25) is 5.91 Å². The molecule has 6 nitrogen and oxygen atoms in total. The molecule has 1 fully saturated rings. The molecule has 0 spiro atoms. The maximum absolute atomic E-state index is 12.4. The Kier molecular flexibility index (Phi) is 5.22. The maximum atomic E-state index is 12.4. The normalized spacial score (nSPS) is 18.5. The number of rotatable bonds is 5. The SMILES string of the molecule is O=C(Nc1ccnc(NC(=O)[C@@H]2C[C@H]2CO)c1)c1c(Cl)cccc1Cl. The van der Waals surface area contributed by atoms with Crippen LogP contribution in [-0.2, 0) is 4.79 Å². The molecule has 8 heteroatoms. The Balaban J connectivity index is 1.69. The highest BCUT2D eigenvalue weighted by atomic mass is 35.5. The minimum Gasteiger partial charge on any atom is -0.396 e. The third kappa shape index (κ3) is 4.10. The second-order valence-corrected chi connectivity index (χ2v) is 6.57. The van der Waals surface area contributed by atoms with E-state index in [-0.39, 0.29) is 40.0 Å². The molecular weight excluding hydrogens is 365 g/mol. The lowest BCUT2D eigenvalue weighted by atomic mass is 10.2. The van der Waals surface area contributed by atoms with Crippen LogP contribution in [0.25, 0.3) is 0 Å². The fourth-order valence-electron chi connectivity index (χ4n) is 2.47. The second kappa shape index (κ2) is 7.39. The van der Waals surface area contributed by atoms with Crippen LogP contribution in [0.2, 0.25) is 10.0 Å². The molecule has 2 atom stereocenters. The standard InChI is InChI=1S/C17H15Cl2N3O3/c18-12-2-1-3-13(19)15(12)17(25)21-10-4-5-20-14(7-10)22-16(24)11-6-9(11)8-23/h1-5,7,9,11,23H,6,8H2,(H2,20,21,22,24,25)/t9-,11+/m0/s1. The Morgan fingerprint density at radius 1 is 1.20 bits per heavy atom. The van der Waals surface area contributed by atoms with Crippen molar-refractivity contribution >= 4 is 46.5 Å². The quantitative estimate of drug-likeness (QED) is 0.743. The number of carbonyl (C=O) groups excluding carboxylic acids is 2. The van der Waals surface area contributed by atoms with E-state index in [9.17, 15) is 9.59 Å². The minimum atomic E-state index is -0.457. The van der Waals surface area contributed by atoms with Gasteiger partial charge in [0.15, 0.2) is 0 Å². The number of nitrogens with zero attached hydrogens (tertiary/aromatic N) is 1. The van der Waals surface area contributed by atoms with E-state index >= 15 is 0 Å². The molecule has 0 unspecified atom stereocenters. The number of aliphatic hydroxyl groups is 1. The largest absolute Gasteiger partial charge is 0.396 e. The van der Waals surface area contributed by atoms with Crippen LogP contribution in [-0.4, -0.2) is 28.5 Å². The average Bonchev–Trinajstić information content (AvgIpc) is 3.35. The van der Waals surface area contributed by atoms with Crippen LogP contribution in [0.5, 0.6) is 0 Å². The number of aromatic nitrogens is 1. The molecule has 2 amide bonds. The highest BCUT2D eigenvalue weighted by Crippen LogP contribution is 2.38. The second-order valence-electron chi connectivity index (χ2n) is 5.75. The molecule has 1 heterocycles. The highest BCUT2D eigenvalue weighted by Gasteiger charge is 2.42. The zero-order valence-corrected chi connectivity index (χ0v) is 14.5. The molecule has 1 aliphatic rings. The van der Waals surface area contributed by atoms with Gasteiger partial charge in [0.1, 0.15) is 5.82 Å². The monoisotopic (exact) mass is 379 g/mol. The summed E-state index contributed by atoms with van der Waals surface area (Å²) in [5.74, 6) is -0.500. The summed E-state index contributed by atoms with van der Waals surface area (Å²) in [7, 11) is 0. The zero-order chi connectivity index (χ0) is 18.0. The fourth-order valence-corrected chi connectivity index (χ4v) is 3.04. The number of aliphatic hydroxyl groups excluding tert-OH is 1. The molecule has 3 N–H and O–H groups in total. The van der Waals surface area contributed by atoms with E-state index in [0.29, 0.717) is 17.9 Å². The molecule has 1 saturated carbocycles. The van der Waals surface area contributed by atoms with Gasteiger partial charge in [-0.25, -0.2) is 4.98 Å². The van der Waals surface area contributed by atoms with E-state index < -0.39 is 5.91 Å². The first-order valence-electron chi connectivity index (χ1n) is 7.62. The van der Waals surface area contributed by atoms with Crippen molar-refractivity contribution in [2.45, 2.75) is 6.42 Å². The van der Waals surface area contributed by atoms with Gasteiger partial charge in [-0.2, -0.15) is 0 Å². The van der Waals surface area contributed by atoms with Crippen LogP contribution in [0, 0.1) is 11.8 Å². The molecule has 3 rings (SSSR count). The third-order valence-electron chi connectivity index (χ3n) is 3.95. The summed E-state index contributed by atoms with van der Waals surface area (Å²) in [6.45, 7) is 0.000205. The van der Waals surface area contributed by atoms with E-state index in [2.05, 4.69) is 15.6 Å². The van der Waals surface area contributed by atoms with Gasteiger partial charge in [0.25, 0.3) is 5.91 Å². The molecule has 1 aromatic carbocycles. The Morgan fingerprint density at radius 3 is 2.56 bits per heavy atom. The number of pyridine rings is 1. The van der Waals surface area contributed by atoms with Gasteiger partial charge in [0, 0.05) is 30.5 Å². The van der Waals surface area contributed by atoms with Crippen molar-refractivity contribution in [3.8, 4) is 0 Å². The molecular formula is C17H15Cl2N3O3. The lowest BCUT2D eigenvalue weighted by molar-refractivity contribution is -0.117. The number of hydrogen-bond acceptors (Lipinski definition) is 4. The summed E-state index contributed by atoms with van der Waals surface area (Å²) in [5.41, 5.74) is 0.623. The summed E-state index contributed by atoms with van der Waals surface area (Å²) >= 11 is 12.0. The van der Waals surface area contributed by atoms with E-state index in [4.69, 9.17) is 28.3 Å². The predicted molar refractivity (Wildman–Crippen MR) is 96.0 cm³/mol. The van der Waals surface area contributed by atoms with Gasteiger partial charge in [-0.1, -0.05) is 29.3 Å². The first-order chi connectivity index (χ1) is 12.0. The van der Waals surface area contributed by atoms with Gasteiger partial charge >= 0.3 is 0 Å². The topological polar surface area (TPSA) is 91.3 Å². The van der Waals surface area contributed by atoms with Crippen LogP contribution < -0.4 is 10.6 Å². The van der Waals surface area contributed by atoms with E-state index in [1.807, 2.05) is 0 Å². The van der Waals surface area contributed by atoms with Crippen LogP contribution in [0.1, 0.15) is 16.8 Å². The van der Waals surface area contributed by atoms with Crippen molar-refractivity contribution in [1.29, 1.82) is 0 Å². The molecule has 0 bridgehead atoms. The molecule has 1 aromatic heterocycles. The number of amides is 2. The van der Waals surface area contributed by atoms with E-state index in [0.717, 1.165) is 0 Å². The maximum Gasteiger partial charge on any atom is 0.258 e. The summed E-state index contributed by atoms with van der Waals surface area (Å²) in [5, 5.41) is 14.9. The summed E-state index contributed by atoms with van der Waals surface area (Å²) in [4.78, 5) is 28.4. The number of nitrogens with one attached hydrogen (secondary N) is 2.